The highest BCUT2D eigenvalue weighted by atomic mass is 15.2. The summed E-state index contributed by atoms with van der Waals surface area (Å²) in [5.74, 6) is 0. The van der Waals surface area contributed by atoms with E-state index in [0.717, 1.165) is 13.1 Å². The Bertz CT molecular complexity index is 293. The molecule has 1 fully saturated rings. The SMILES string of the molecule is CC(c1ccncc1)N(C)C1CCNC1. The lowest BCUT2D eigenvalue weighted by atomic mass is 10.1. The van der Waals surface area contributed by atoms with Gasteiger partial charge >= 0.3 is 0 Å². The molecule has 1 saturated heterocycles. The molecule has 2 atom stereocenters. The third-order valence-corrected chi connectivity index (χ3v) is 3.41. The van der Waals surface area contributed by atoms with Crippen LogP contribution in [0.3, 0.4) is 0 Å². The van der Waals surface area contributed by atoms with Gasteiger partial charge in [-0.15, -0.1) is 0 Å². The Balaban J connectivity index is 2.03. The lowest BCUT2D eigenvalue weighted by Crippen LogP contribution is -2.35. The molecule has 82 valence electrons. The molecule has 0 amide bonds. The fraction of sp³-hybridized carbons (Fsp3) is 0.583. The molecule has 2 rings (SSSR count). The summed E-state index contributed by atoms with van der Waals surface area (Å²) in [7, 11) is 2.21. The summed E-state index contributed by atoms with van der Waals surface area (Å²) in [5, 5.41) is 3.41. The summed E-state index contributed by atoms with van der Waals surface area (Å²) in [5.41, 5.74) is 1.35. The van der Waals surface area contributed by atoms with Gasteiger partial charge in [-0.05, 0) is 44.6 Å². The van der Waals surface area contributed by atoms with Gasteiger partial charge in [-0.1, -0.05) is 0 Å². The number of hydrogen-bond acceptors (Lipinski definition) is 3. The maximum atomic E-state index is 4.05. The topological polar surface area (TPSA) is 28.2 Å². The Kier molecular flexibility index (Phi) is 3.34. The Morgan fingerprint density at radius 3 is 2.80 bits per heavy atom. The van der Waals surface area contributed by atoms with Crippen LogP contribution in [0, 0.1) is 0 Å². The van der Waals surface area contributed by atoms with Gasteiger partial charge < -0.3 is 5.32 Å². The van der Waals surface area contributed by atoms with Crippen molar-refractivity contribution >= 4 is 0 Å². The quantitative estimate of drug-likeness (QED) is 0.809. The molecule has 3 heteroatoms. The fourth-order valence-corrected chi connectivity index (χ4v) is 2.18. The van der Waals surface area contributed by atoms with Crippen molar-refractivity contribution in [2.24, 2.45) is 0 Å². The van der Waals surface area contributed by atoms with Crippen LogP contribution in [-0.2, 0) is 0 Å². The first kappa shape index (κ1) is 10.6. The van der Waals surface area contributed by atoms with Crippen LogP contribution in [-0.4, -0.2) is 36.1 Å². The molecule has 0 aromatic carbocycles. The Morgan fingerprint density at radius 1 is 1.47 bits per heavy atom. The number of nitrogens with one attached hydrogen (secondary N) is 1. The zero-order valence-electron chi connectivity index (χ0n) is 9.48. The van der Waals surface area contributed by atoms with Gasteiger partial charge in [0.05, 0.1) is 0 Å². The Labute approximate surface area is 91.5 Å². The summed E-state index contributed by atoms with van der Waals surface area (Å²) in [6.45, 7) is 4.53. The number of nitrogens with zero attached hydrogens (tertiary/aromatic N) is 2. The highest BCUT2D eigenvalue weighted by molar-refractivity contribution is 5.14. The average Bonchev–Trinajstić information content (AvgIpc) is 2.82. The van der Waals surface area contributed by atoms with E-state index in [0.29, 0.717) is 12.1 Å². The van der Waals surface area contributed by atoms with Gasteiger partial charge in [0.1, 0.15) is 0 Å². The molecule has 15 heavy (non-hydrogen) atoms. The van der Waals surface area contributed by atoms with Crippen molar-refractivity contribution in [2.45, 2.75) is 25.4 Å². The molecule has 0 bridgehead atoms. The first-order chi connectivity index (χ1) is 7.29. The predicted octanol–water partition coefficient (Wildman–Crippen LogP) is 1.44. The molecule has 3 nitrogen and oxygen atoms in total. The second-order valence-corrected chi connectivity index (χ2v) is 4.27. The van der Waals surface area contributed by atoms with Gasteiger partial charge in [0.25, 0.3) is 0 Å². The molecule has 0 saturated carbocycles. The van der Waals surface area contributed by atoms with Crippen LogP contribution in [0.2, 0.25) is 0 Å². The van der Waals surface area contributed by atoms with Gasteiger partial charge in [-0.3, -0.25) is 9.88 Å². The van der Waals surface area contributed by atoms with Crippen molar-refractivity contribution < 1.29 is 0 Å². The molecule has 0 spiro atoms. The third kappa shape index (κ3) is 2.36. The van der Waals surface area contributed by atoms with Crippen LogP contribution < -0.4 is 5.32 Å². The van der Waals surface area contributed by atoms with E-state index >= 15 is 0 Å². The predicted molar refractivity (Wildman–Crippen MR) is 61.7 cm³/mol. The van der Waals surface area contributed by atoms with Crippen LogP contribution in [0.15, 0.2) is 24.5 Å². The number of pyridine rings is 1. The monoisotopic (exact) mass is 205 g/mol. The van der Waals surface area contributed by atoms with Crippen LogP contribution in [0.4, 0.5) is 0 Å². The van der Waals surface area contributed by atoms with Crippen LogP contribution in [0.5, 0.6) is 0 Å². The second-order valence-electron chi connectivity index (χ2n) is 4.27. The number of rotatable bonds is 3. The summed E-state index contributed by atoms with van der Waals surface area (Å²) >= 11 is 0. The van der Waals surface area contributed by atoms with Gasteiger partial charge in [0, 0.05) is 31.0 Å². The minimum absolute atomic E-state index is 0.470. The van der Waals surface area contributed by atoms with Crippen LogP contribution in [0.25, 0.3) is 0 Å². The molecule has 2 unspecified atom stereocenters. The van der Waals surface area contributed by atoms with Gasteiger partial charge in [-0.25, -0.2) is 0 Å². The van der Waals surface area contributed by atoms with E-state index in [2.05, 4.69) is 41.3 Å². The molecule has 1 aliphatic rings. The molecular weight excluding hydrogens is 186 g/mol. The molecule has 0 radical (unpaired) electrons. The maximum absolute atomic E-state index is 4.05. The molecule has 1 aromatic heterocycles. The Morgan fingerprint density at radius 2 is 2.20 bits per heavy atom. The lowest BCUT2D eigenvalue weighted by Gasteiger charge is -2.30. The van der Waals surface area contributed by atoms with Gasteiger partial charge in [0.15, 0.2) is 0 Å². The Hall–Kier alpha value is -0.930. The maximum Gasteiger partial charge on any atom is 0.0321 e. The van der Waals surface area contributed by atoms with E-state index < -0.39 is 0 Å². The van der Waals surface area contributed by atoms with Crippen molar-refractivity contribution in [3.63, 3.8) is 0 Å². The van der Waals surface area contributed by atoms with Crippen molar-refractivity contribution in [1.29, 1.82) is 0 Å². The van der Waals surface area contributed by atoms with Gasteiger partial charge in [-0.2, -0.15) is 0 Å². The molecule has 1 N–H and O–H groups in total. The largest absolute Gasteiger partial charge is 0.315 e. The number of aromatic nitrogens is 1. The van der Waals surface area contributed by atoms with Crippen molar-refractivity contribution in [3.8, 4) is 0 Å². The van der Waals surface area contributed by atoms with Crippen molar-refractivity contribution in [3.05, 3.63) is 30.1 Å². The standard InChI is InChI=1S/C12H19N3/c1-10(11-3-6-13-7-4-11)15(2)12-5-8-14-9-12/h3-4,6-7,10,12,14H,5,8-9H2,1-2H3. The molecule has 2 heterocycles. The zero-order chi connectivity index (χ0) is 10.7. The first-order valence-electron chi connectivity index (χ1n) is 5.61. The highest BCUT2D eigenvalue weighted by Gasteiger charge is 2.23. The molecule has 0 aliphatic carbocycles. The van der Waals surface area contributed by atoms with E-state index in [1.54, 1.807) is 0 Å². The number of likely N-dealkylation sites (N-methyl/N-ethyl adjacent to an activating group) is 1. The molecular formula is C12H19N3. The summed E-state index contributed by atoms with van der Waals surface area (Å²) in [6.07, 6.45) is 4.99. The summed E-state index contributed by atoms with van der Waals surface area (Å²) < 4.78 is 0. The molecule has 1 aromatic rings. The van der Waals surface area contributed by atoms with Crippen LogP contribution >= 0.6 is 0 Å². The summed E-state index contributed by atoms with van der Waals surface area (Å²) in [4.78, 5) is 6.51. The summed E-state index contributed by atoms with van der Waals surface area (Å²) in [6, 6.07) is 5.35. The minimum Gasteiger partial charge on any atom is -0.315 e. The normalized spacial score (nSPS) is 23.3. The average molecular weight is 205 g/mol. The first-order valence-corrected chi connectivity index (χ1v) is 5.61. The van der Waals surface area contributed by atoms with E-state index in [4.69, 9.17) is 0 Å². The smallest absolute Gasteiger partial charge is 0.0321 e. The van der Waals surface area contributed by atoms with E-state index in [-0.39, 0.29) is 0 Å². The van der Waals surface area contributed by atoms with E-state index in [1.807, 2.05) is 12.4 Å². The van der Waals surface area contributed by atoms with E-state index in [9.17, 15) is 0 Å². The second kappa shape index (κ2) is 4.73. The van der Waals surface area contributed by atoms with Crippen molar-refractivity contribution in [2.75, 3.05) is 20.1 Å². The molecule has 1 aliphatic heterocycles. The minimum atomic E-state index is 0.470. The highest BCUT2D eigenvalue weighted by Crippen LogP contribution is 2.22. The van der Waals surface area contributed by atoms with E-state index in [1.165, 1.54) is 12.0 Å². The lowest BCUT2D eigenvalue weighted by molar-refractivity contribution is 0.197. The van der Waals surface area contributed by atoms with Crippen LogP contribution in [0.1, 0.15) is 24.9 Å². The zero-order valence-corrected chi connectivity index (χ0v) is 9.48. The number of hydrogen-bond donors (Lipinski definition) is 1. The van der Waals surface area contributed by atoms with Crippen molar-refractivity contribution in [1.82, 2.24) is 15.2 Å². The fourth-order valence-electron chi connectivity index (χ4n) is 2.18. The van der Waals surface area contributed by atoms with Gasteiger partial charge in [0.2, 0.25) is 0 Å². The third-order valence-electron chi connectivity index (χ3n) is 3.41.